The number of imidazole rings is 1. The van der Waals surface area contributed by atoms with Crippen molar-refractivity contribution in [2.45, 2.75) is 19.3 Å². The molecule has 0 amide bonds. The van der Waals surface area contributed by atoms with Crippen LogP contribution < -0.4 is 0 Å². The Hall–Kier alpha value is -2.49. The van der Waals surface area contributed by atoms with Gasteiger partial charge in [0.15, 0.2) is 11.6 Å². The van der Waals surface area contributed by atoms with Crippen LogP contribution in [0.25, 0.3) is 22.6 Å². The minimum atomic E-state index is 0.143. The van der Waals surface area contributed by atoms with Gasteiger partial charge in [0.05, 0.1) is 11.0 Å². The molecular formula is C16H13N3O. The van der Waals surface area contributed by atoms with Crippen molar-refractivity contribution in [3.63, 3.8) is 0 Å². The number of hydrogen-bond acceptors (Lipinski definition) is 3. The van der Waals surface area contributed by atoms with Gasteiger partial charge in [0.2, 0.25) is 0 Å². The SMILES string of the molecule is O=C1CCCc2ccc(-c3nc4ccccc4[nH]3)nc21. The molecular weight excluding hydrogens is 250 g/mol. The van der Waals surface area contributed by atoms with E-state index in [0.29, 0.717) is 17.9 Å². The molecule has 0 saturated carbocycles. The topological polar surface area (TPSA) is 58.6 Å². The number of benzene rings is 1. The summed E-state index contributed by atoms with van der Waals surface area (Å²) in [5.74, 6) is 0.858. The summed E-state index contributed by atoms with van der Waals surface area (Å²) < 4.78 is 0. The Morgan fingerprint density at radius 2 is 1.90 bits per heavy atom. The van der Waals surface area contributed by atoms with E-state index >= 15 is 0 Å². The zero-order chi connectivity index (χ0) is 13.5. The van der Waals surface area contributed by atoms with Gasteiger partial charge in [-0.3, -0.25) is 4.79 Å². The lowest BCUT2D eigenvalue weighted by Gasteiger charge is -2.13. The Morgan fingerprint density at radius 3 is 2.80 bits per heavy atom. The number of rotatable bonds is 1. The zero-order valence-electron chi connectivity index (χ0n) is 10.9. The fraction of sp³-hybridized carbons (Fsp3) is 0.188. The molecule has 2 aromatic heterocycles. The number of hydrogen-bond donors (Lipinski definition) is 1. The van der Waals surface area contributed by atoms with E-state index in [0.717, 1.165) is 35.1 Å². The maximum atomic E-state index is 11.9. The highest BCUT2D eigenvalue weighted by molar-refractivity contribution is 5.97. The predicted molar refractivity (Wildman–Crippen MR) is 76.6 cm³/mol. The largest absolute Gasteiger partial charge is 0.337 e. The minimum Gasteiger partial charge on any atom is -0.337 e. The lowest BCUT2D eigenvalue weighted by Crippen LogP contribution is -2.13. The van der Waals surface area contributed by atoms with Crippen molar-refractivity contribution in [3.8, 4) is 11.5 Å². The number of H-pyrrole nitrogens is 1. The van der Waals surface area contributed by atoms with Crippen LogP contribution in [0.4, 0.5) is 0 Å². The minimum absolute atomic E-state index is 0.143. The molecule has 0 fully saturated rings. The van der Waals surface area contributed by atoms with Gasteiger partial charge in [-0.2, -0.15) is 0 Å². The molecule has 0 spiro atoms. The van der Waals surface area contributed by atoms with E-state index in [1.807, 2.05) is 36.4 Å². The Kier molecular flexibility index (Phi) is 2.42. The molecule has 0 saturated heterocycles. The van der Waals surface area contributed by atoms with Gasteiger partial charge in [-0.05, 0) is 36.6 Å². The molecule has 20 heavy (non-hydrogen) atoms. The highest BCUT2D eigenvalue weighted by atomic mass is 16.1. The van der Waals surface area contributed by atoms with Crippen molar-refractivity contribution in [1.29, 1.82) is 0 Å². The van der Waals surface area contributed by atoms with Gasteiger partial charge in [0, 0.05) is 6.42 Å². The van der Waals surface area contributed by atoms with Crippen LogP contribution in [0.1, 0.15) is 28.9 Å². The van der Waals surface area contributed by atoms with E-state index in [2.05, 4.69) is 15.0 Å². The van der Waals surface area contributed by atoms with Crippen LogP contribution in [0.2, 0.25) is 0 Å². The van der Waals surface area contributed by atoms with Crippen molar-refractivity contribution < 1.29 is 4.79 Å². The normalized spacial score (nSPS) is 14.5. The Labute approximate surface area is 115 Å². The van der Waals surface area contributed by atoms with Crippen LogP contribution >= 0.6 is 0 Å². The van der Waals surface area contributed by atoms with Crippen LogP contribution in [0.15, 0.2) is 36.4 Å². The average Bonchev–Trinajstić information content (AvgIpc) is 2.91. The lowest BCUT2D eigenvalue weighted by molar-refractivity contribution is 0.0967. The maximum absolute atomic E-state index is 11.9. The summed E-state index contributed by atoms with van der Waals surface area (Å²) in [5, 5.41) is 0. The molecule has 0 radical (unpaired) electrons. The van der Waals surface area contributed by atoms with Crippen molar-refractivity contribution in [2.24, 2.45) is 0 Å². The highest BCUT2D eigenvalue weighted by Crippen LogP contribution is 2.24. The Bertz CT molecular complexity index is 786. The quantitative estimate of drug-likeness (QED) is 0.733. The van der Waals surface area contributed by atoms with Gasteiger partial charge >= 0.3 is 0 Å². The molecule has 0 bridgehead atoms. The number of Topliss-reactive ketones (excluding diaryl/α,β-unsaturated/α-hetero) is 1. The summed E-state index contributed by atoms with van der Waals surface area (Å²) >= 11 is 0. The van der Waals surface area contributed by atoms with Crippen molar-refractivity contribution in [3.05, 3.63) is 47.7 Å². The average molecular weight is 263 g/mol. The summed E-state index contributed by atoms with van der Waals surface area (Å²) in [6.07, 6.45) is 2.47. The van der Waals surface area contributed by atoms with E-state index in [-0.39, 0.29) is 5.78 Å². The van der Waals surface area contributed by atoms with Crippen molar-refractivity contribution in [1.82, 2.24) is 15.0 Å². The number of aryl methyl sites for hydroxylation is 1. The molecule has 1 N–H and O–H groups in total. The molecule has 98 valence electrons. The van der Waals surface area contributed by atoms with E-state index < -0.39 is 0 Å². The number of nitrogens with one attached hydrogen (secondary N) is 1. The Balaban J connectivity index is 1.86. The third-order valence-electron chi connectivity index (χ3n) is 3.72. The number of fused-ring (bicyclic) bond motifs is 2. The summed E-state index contributed by atoms with van der Waals surface area (Å²) in [5.41, 5.74) is 4.30. The van der Waals surface area contributed by atoms with E-state index in [9.17, 15) is 4.79 Å². The standard InChI is InChI=1S/C16H13N3O/c20-14-7-3-4-10-8-9-13(17-15(10)14)16-18-11-5-1-2-6-12(11)19-16/h1-2,5-6,8-9H,3-4,7H2,(H,18,19). The number of aromatic amines is 1. The summed E-state index contributed by atoms with van der Waals surface area (Å²) in [6.45, 7) is 0. The van der Waals surface area contributed by atoms with E-state index in [1.165, 1.54) is 0 Å². The van der Waals surface area contributed by atoms with Crippen LogP contribution in [-0.4, -0.2) is 20.7 Å². The first-order valence-corrected chi connectivity index (χ1v) is 6.79. The van der Waals surface area contributed by atoms with E-state index in [1.54, 1.807) is 0 Å². The van der Waals surface area contributed by atoms with Gasteiger partial charge in [-0.1, -0.05) is 18.2 Å². The molecule has 3 aromatic rings. The second-order valence-electron chi connectivity index (χ2n) is 5.08. The van der Waals surface area contributed by atoms with Gasteiger partial charge < -0.3 is 4.98 Å². The van der Waals surface area contributed by atoms with Crippen molar-refractivity contribution in [2.75, 3.05) is 0 Å². The molecule has 2 heterocycles. The highest BCUT2D eigenvalue weighted by Gasteiger charge is 2.19. The van der Waals surface area contributed by atoms with Crippen LogP contribution in [-0.2, 0) is 6.42 Å². The summed E-state index contributed by atoms with van der Waals surface area (Å²) in [7, 11) is 0. The van der Waals surface area contributed by atoms with Gasteiger partial charge in [0.25, 0.3) is 0 Å². The second-order valence-corrected chi connectivity index (χ2v) is 5.08. The van der Waals surface area contributed by atoms with Crippen LogP contribution in [0.5, 0.6) is 0 Å². The first kappa shape index (κ1) is 11.3. The zero-order valence-corrected chi connectivity index (χ0v) is 10.9. The monoisotopic (exact) mass is 263 g/mol. The second kappa shape index (κ2) is 4.27. The molecule has 4 heteroatoms. The number of pyridine rings is 1. The fourth-order valence-corrected chi connectivity index (χ4v) is 2.69. The Morgan fingerprint density at radius 1 is 1.00 bits per heavy atom. The van der Waals surface area contributed by atoms with Gasteiger partial charge in [-0.25, -0.2) is 9.97 Å². The lowest BCUT2D eigenvalue weighted by atomic mass is 9.95. The van der Waals surface area contributed by atoms with Gasteiger partial charge in [0.1, 0.15) is 11.4 Å². The number of aromatic nitrogens is 3. The number of para-hydroxylation sites is 2. The molecule has 4 nitrogen and oxygen atoms in total. The van der Waals surface area contributed by atoms with Crippen molar-refractivity contribution >= 4 is 16.8 Å². The van der Waals surface area contributed by atoms with E-state index in [4.69, 9.17) is 0 Å². The fourth-order valence-electron chi connectivity index (χ4n) is 2.69. The molecule has 1 aliphatic carbocycles. The first-order valence-electron chi connectivity index (χ1n) is 6.79. The molecule has 0 unspecified atom stereocenters. The molecule has 1 aromatic carbocycles. The third-order valence-corrected chi connectivity index (χ3v) is 3.72. The molecule has 0 aliphatic heterocycles. The molecule has 0 atom stereocenters. The number of carbonyl (C=O) groups is 1. The third kappa shape index (κ3) is 1.72. The number of carbonyl (C=O) groups excluding carboxylic acids is 1. The molecule has 1 aliphatic rings. The summed E-state index contributed by atoms with van der Waals surface area (Å²) in [6, 6.07) is 11.8. The van der Waals surface area contributed by atoms with Crippen LogP contribution in [0, 0.1) is 0 Å². The maximum Gasteiger partial charge on any atom is 0.181 e. The smallest absolute Gasteiger partial charge is 0.181 e. The summed E-state index contributed by atoms with van der Waals surface area (Å²) in [4.78, 5) is 24.2. The molecule has 4 rings (SSSR count). The predicted octanol–water partition coefficient (Wildman–Crippen LogP) is 3.14. The number of ketones is 1. The van der Waals surface area contributed by atoms with Crippen LogP contribution in [0.3, 0.4) is 0 Å². The first-order chi connectivity index (χ1) is 9.81. The van der Waals surface area contributed by atoms with Gasteiger partial charge in [-0.15, -0.1) is 0 Å². The number of nitrogens with zero attached hydrogens (tertiary/aromatic N) is 2.